The Morgan fingerprint density at radius 2 is 1.31 bits per heavy atom. The molecule has 0 heterocycles. The van der Waals surface area contributed by atoms with Crippen molar-refractivity contribution < 1.29 is 23.9 Å². The van der Waals surface area contributed by atoms with Crippen molar-refractivity contribution in [2.75, 3.05) is 37.0 Å². The Morgan fingerprint density at radius 3 is 1.76 bits per heavy atom. The third-order valence-corrected chi connectivity index (χ3v) is 7.66. The van der Waals surface area contributed by atoms with Crippen LogP contribution in [0.25, 0.3) is 0 Å². The van der Waals surface area contributed by atoms with Gasteiger partial charge in [0.05, 0.1) is 19.3 Å². The molecule has 0 radical (unpaired) electrons. The molecular weight excluding hydrogens is 663 g/mol. The topological polar surface area (TPSA) is 135 Å². The van der Waals surface area contributed by atoms with Crippen molar-refractivity contribution in [3.8, 4) is 11.5 Å². The maximum atomic E-state index is 10.8. The van der Waals surface area contributed by atoms with E-state index in [1.165, 1.54) is 30.5 Å². The minimum absolute atomic E-state index is 0.362. The average Bonchev–Trinajstić information content (AvgIpc) is 3.16. The summed E-state index contributed by atoms with van der Waals surface area (Å²) < 4.78 is 15.6. The third-order valence-electron chi connectivity index (χ3n) is 6.94. The number of aryl methyl sites for hydroxylation is 1. The Labute approximate surface area is 308 Å². The number of anilines is 2. The predicted molar refractivity (Wildman–Crippen MR) is 212 cm³/mol. The van der Waals surface area contributed by atoms with E-state index in [4.69, 9.17) is 15.2 Å². The molecule has 4 aromatic rings. The standard InChI is InChI=1S/C11H17NO.C10H13N3O2S.C10H14.C9H11NO2/c1-4-12(3)10-6-8-11(9-7-10)13-5-2;11-10(15)13-16-12-9(7-14)6-8-4-2-1-3-5-8;1-2-3-7-10-8-5-4-6-9-10;1-2-12-9-5-3-8(4-6-9)10-7-11/h6-9H,4-5H2,1-3H3;1-5,7,9,12H,6H2,(H3,11,13,15);4-6,8-9H,2-3,7H2,1H3;3-7H,2H2,1H3,(H,10,11)/t;9-;;/m.0../s1. The van der Waals surface area contributed by atoms with E-state index in [0.717, 1.165) is 54.3 Å². The molecule has 0 aliphatic heterocycles. The number of nitrogens with one attached hydrogen (secondary N) is 3. The molecule has 51 heavy (non-hydrogen) atoms. The number of hydrogen-bond acceptors (Lipinski definition) is 8. The first-order chi connectivity index (χ1) is 24.8. The maximum absolute atomic E-state index is 10.8. The lowest BCUT2D eigenvalue weighted by molar-refractivity contribution is -0.109. The monoisotopic (exact) mass is 717 g/mol. The van der Waals surface area contributed by atoms with E-state index >= 15 is 0 Å². The molecule has 0 saturated carbocycles. The highest BCUT2D eigenvalue weighted by Gasteiger charge is 2.08. The highest BCUT2D eigenvalue weighted by molar-refractivity contribution is 7.96. The molecule has 4 aromatic carbocycles. The summed E-state index contributed by atoms with van der Waals surface area (Å²) in [5, 5.41) is 2.54. The number of carbonyl (C=O) groups is 3. The predicted octanol–water partition coefficient (Wildman–Crippen LogP) is 7.84. The van der Waals surface area contributed by atoms with Gasteiger partial charge >= 0.3 is 6.03 Å². The van der Waals surface area contributed by atoms with E-state index in [9.17, 15) is 14.4 Å². The summed E-state index contributed by atoms with van der Waals surface area (Å²) in [6.07, 6.45) is 5.84. The van der Waals surface area contributed by atoms with E-state index in [-0.39, 0.29) is 6.04 Å². The van der Waals surface area contributed by atoms with Crippen LogP contribution in [0.15, 0.2) is 109 Å². The van der Waals surface area contributed by atoms with Crippen molar-refractivity contribution in [3.05, 3.63) is 120 Å². The van der Waals surface area contributed by atoms with E-state index in [1.54, 1.807) is 12.1 Å². The number of nitrogens with two attached hydrogens (primary N) is 1. The van der Waals surface area contributed by atoms with Gasteiger partial charge < -0.3 is 30.2 Å². The number of carbonyl (C=O) groups excluding carboxylic acids is 3. The first-order valence-corrected chi connectivity index (χ1v) is 18.0. The van der Waals surface area contributed by atoms with Crippen LogP contribution in [0.1, 0.15) is 51.7 Å². The lowest BCUT2D eigenvalue weighted by Gasteiger charge is -2.16. The molecule has 0 spiro atoms. The van der Waals surface area contributed by atoms with Crippen LogP contribution < -0.4 is 34.9 Å². The second kappa shape index (κ2) is 28.8. The first kappa shape index (κ1) is 44.0. The van der Waals surface area contributed by atoms with Crippen molar-refractivity contribution >= 4 is 42.2 Å². The van der Waals surface area contributed by atoms with Gasteiger partial charge in [0.25, 0.3) is 0 Å². The normalized spacial score (nSPS) is 10.2. The van der Waals surface area contributed by atoms with Gasteiger partial charge in [-0.3, -0.25) is 9.52 Å². The van der Waals surface area contributed by atoms with Crippen LogP contribution in [0, 0.1) is 0 Å². The number of amides is 3. The molecular formula is C40H55N5O5S. The average molecular weight is 718 g/mol. The summed E-state index contributed by atoms with van der Waals surface area (Å²) in [4.78, 5) is 33.4. The van der Waals surface area contributed by atoms with Gasteiger partial charge in [0.2, 0.25) is 6.41 Å². The number of ether oxygens (including phenoxy) is 2. The van der Waals surface area contributed by atoms with E-state index in [0.29, 0.717) is 19.4 Å². The van der Waals surface area contributed by atoms with Crippen LogP contribution in [0.2, 0.25) is 0 Å². The molecule has 3 amide bonds. The zero-order chi connectivity index (χ0) is 37.5. The van der Waals surface area contributed by atoms with Gasteiger partial charge in [-0.15, -0.1) is 0 Å². The Kier molecular flexibility index (Phi) is 24.9. The SMILES string of the molecule is CCCCc1ccccc1.CCOc1ccc(N(C)CC)cc1.CCOc1ccc(NC=O)cc1.NC(=O)NSN[C@H](C=O)Cc1ccccc1. The van der Waals surface area contributed by atoms with Crippen molar-refractivity contribution in [3.63, 3.8) is 0 Å². The second-order valence-electron chi connectivity index (χ2n) is 10.9. The van der Waals surface area contributed by atoms with Crippen LogP contribution in [0.5, 0.6) is 11.5 Å². The zero-order valence-corrected chi connectivity index (χ0v) is 31.4. The van der Waals surface area contributed by atoms with Crippen LogP contribution in [-0.2, 0) is 22.4 Å². The number of rotatable bonds is 17. The van der Waals surface area contributed by atoms with Gasteiger partial charge in [-0.2, -0.15) is 0 Å². The molecule has 11 heteroatoms. The van der Waals surface area contributed by atoms with Gasteiger partial charge in [-0.25, -0.2) is 9.52 Å². The summed E-state index contributed by atoms with van der Waals surface area (Å²) in [6.45, 7) is 10.7. The molecule has 0 fully saturated rings. The Morgan fingerprint density at radius 1 is 0.784 bits per heavy atom. The maximum Gasteiger partial charge on any atom is 0.323 e. The fraction of sp³-hybridized carbons (Fsp3) is 0.325. The number of unbranched alkanes of at least 4 members (excludes halogenated alkanes) is 1. The highest BCUT2D eigenvalue weighted by Crippen LogP contribution is 2.18. The molecule has 0 aliphatic rings. The van der Waals surface area contributed by atoms with Crippen LogP contribution in [0.4, 0.5) is 16.2 Å². The molecule has 0 saturated heterocycles. The fourth-order valence-corrected chi connectivity index (χ4v) is 4.64. The van der Waals surface area contributed by atoms with Crippen LogP contribution in [0.3, 0.4) is 0 Å². The fourth-order valence-electron chi connectivity index (χ4n) is 4.19. The summed E-state index contributed by atoms with van der Waals surface area (Å²) in [7, 11) is 2.08. The number of hydrogen-bond donors (Lipinski definition) is 4. The zero-order valence-electron chi connectivity index (χ0n) is 30.5. The quantitative estimate of drug-likeness (QED) is 0.0641. The summed E-state index contributed by atoms with van der Waals surface area (Å²) in [6, 6.07) is 34.6. The minimum atomic E-state index is -0.651. The largest absolute Gasteiger partial charge is 0.494 e. The lowest BCUT2D eigenvalue weighted by Crippen LogP contribution is -2.33. The van der Waals surface area contributed by atoms with Crippen molar-refractivity contribution in [2.24, 2.45) is 5.73 Å². The summed E-state index contributed by atoms with van der Waals surface area (Å²) in [5.74, 6) is 1.75. The van der Waals surface area contributed by atoms with E-state index in [1.807, 2.05) is 68.4 Å². The molecule has 1 atom stereocenters. The number of aldehydes is 1. The third kappa shape index (κ3) is 21.6. The molecule has 10 nitrogen and oxygen atoms in total. The second-order valence-corrected chi connectivity index (χ2v) is 11.5. The molecule has 276 valence electrons. The molecule has 0 unspecified atom stereocenters. The Hall–Kier alpha value is -5.00. The van der Waals surface area contributed by atoms with Gasteiger partial charge in [0, 0.05) is 37.1 Å². The molecule has 0 aliphatic carbocycles. The van der Waals surface area contributed by atoms with Crippen molar-refractivity contribution in [1.82, 2.24) is 9.44 Å². The Balaban J connectivity index is 0.000000344. The van der Waals surface area contributed by atoms with Gasteiger partial charge in [0.15, 0.2) is 0 Å². The van der Waals surface area contributed by atoms with E-state index < -0.39 is 6.03 Å². The molecule has 4 rings (SSSR count). The molecule has 0 bridgehead atoms. The minimum Gasteiger partial charge on any atom is -0.494 e. The highest BCUT2D eigenvalue weighted by atomic mass is 32.2. The first-order valence-electron chi connectivity index (χ1n) is 17.2. The van der Waals surface area contributed by atoms with Crippen LogP contribution >= 0.6 is 12.1 Å². The number of nitrogens with zero attached hydrogens (tertiary/aromatic N) is 1. The van der Waals surface area contributed by atoms with Gasteiger partial charge in [-0.1, -0.05) is 74.0 Å². The summed E-state index contributed by atoms with van der Waals surface area (Å²) >= 11 is 0.907. The van der Waals surface area contributed by atoms with Gasteiger partial charge in [0.1, 0.15) is 17.8 Å². The van der Waals surface area contributed by atoms with Crippen molar-refractivity contribution in [2.45, 2.75) is 59.4 Å². The number of benzene rings is 4. The van der Waals surface area contributed by atoms with Gasteiger partial charge in [-0.05, 0) is 99.7 Å². The number of urea groups is 1. The molecule has 5 N–H and O–H groups in total. The number of primary amides is 1. The lowest BCUT2D eigenvalue weighted by atomic mass is 10.1. The van der Waals surface area contributed by atoms with Crippen molar-refractivity contribution in [1.29, 1.82) is 0 Å². The summed E-state index contributed by atoms with van der Waals surface area (Å²) in [5.41, 5.74) is 9.38. The molecule has 0 aromatic heterocycles. The smallest absolute Gasteiger partial charge is 0.323 e. The van der Waals surface area contributed by atoms with E-state index in [2.05, 4.69) is 83.0 Å². The Bertz CT molecular complexity index is 1450. The van der Waals surface area contributed by atoms with Crippen LogP contribution in [-0.4, -0.2) is 51.6 Å².